The standard InChI is InChI=1S/C36H60N2O2/c1-3-13-27(14-4-1)37(33-19-9-21-39-33)31-23-25-11-8-18-30-32(24-26-12-7-17-29(31)35(26)36(25)30)38(34-20-10-22-40-34)28-15-5-2-6-16-28/h25-36H,1-24H2. The number of nitrogens with zero attached hydrogens (tertiary/aromatic N) is 2. The molecule has 8 aliphatic rings. The lowest BCUT2D eigenvalue weighted by atomic mass is 9.45. The minimum atomic E-state index is 0.432. The molecule has 8 rings (SSSR count). The molecule has 4 nitrogen and oxygen atoms in total. The summed E-state index contributed by atoms with van der Waals surface area (Å²) in [5.74, 6) is 5.84. The molecule has 40 heavy (non-hydrogen) atoms. The van der Waals surface area contributed by atoms with Gasteiger partial charge in [0, 0.05) is 37.4 Å². The topological polar surface area (TPSA) is 24.9 Å². The van der Waals surface area contributed by atoms with Crippen LogP contribution < -0.4 is 0 Å². The van der Waals surface area contributed by atoms with E-state index in [0.717, 1.165) is 72.9 Å². The number of rotatable bonds is 6. The molecule has 2 saturated heterocycles. The summed E-state index contributed by atoms with van der Waals surface area (Å²) in [6.07, 6.45) is 32.6. The van der Waals surface area contributed by atoms with Crippen molar-refractivity contribution in [3.63, 3.8) is 0 Å². The lowest BCUT2D eigenvalue weighted by Gasteiger charge is -2.65. The van der Waals surface area contributed by atoms with Crippen LogP contribution in [0.4, 0.5) is 0 Å². The summed E-state index contributed by atoms with van der Waals surface area (Å²) in [6.45, 7) is 2.01. The molecule has 6 aliphatic carbocycles. The van der Waals surface area contributed by atoms with Crippen LogP contribution in [0, 0.1) is 35.5 Å². The summed E-state index contributed by atoms with van der Waals surface area (Å²) < 4.78 is 13.2. The SMILES string of the molecule is C1CCC(N(C2CCCO2)C2CC3CCCC4C3C3C(CCCC32)CC4N(C2CCCCC2)C2CCCO2)CC1. The van der Waals surface area contributed by atoms with Gasteiger partial charge in [0.2, 0.25) is 0 Å². The second kappa shape index (κ2) is 12.1. The van der Waals surface area contributed by atoms with Crippen LogP contribution in [0.2, 0.25) is 0 Å². The second-order valence-corrected chi connectivity index (χ2v) is 15.9. The monoisotopic (exact) mass is 552 g/mol. The Morgan fingerprint density at radius 2 is 0.850 bits per heavy atom. The molecular weight excluding hydrogens is 492 g/mol. The molecule has 0 aromatic rings. The highest BCUT2D eigenvalue weighted by molar-refractivity contribution is 5.10. The van der Waals surface area contributed by atoms with Crippen molar-refractivity contribution in [3.8, 4) is 0 Å². The molecule has 0 aromatic carbocycles. The van der Waals surface area contributed by atoms with Crippen LogP contribution in [-0.4, -0.2) is 59.6 Å². The van der Waals surface area contributed by atoms with E-state index in [4.69, 9.17) is 9.47 Å². The van der Waals surface area contributed by atoms with Gasteiger partial charge in [-0.2, -0.15) is 0 Å². The zero-order valence-corrected chi connectivity index (χ0v) is 25.6. The Morgan fingerprint density at radius 1 is 0.400 bits per heavy atom. The van der Waals surface area contributed by atoms with E-state index in [-0.39, 0.29) is 0 Å². The van der Waals surface area contributed by atoms with E-state index in [2.05, 4.69) is 9.80 Å². The summed E-state index contributed by atoms with van der Waals surface area (Å²) in [6, 6.07) is 3.22. The van der Waals surface area contributed by atoms with Crippen molar-refractivity contribution in [2.45, 2.75) is 178 Å². The van der Waals surface area contributed by atoms with Gasteiger partial charge in [0.1, 0.15) is 12.5 Å². The predicted molar refractivity (Wildman–Crippen MR) is 161 cm³/mol. The average molecular weight is 553 g/mol. The first-order valence-corrected chi connectivity index (χ1v) is 18.6. The lowest BCUT2D eigenvalue weighted by Crippen LogP contribution is -2.66. The Bertz CT molecular complexity index is 759. The van der Waals surface area contributed by atoms with Crippen molar-refractivity contribution >= 4 is 0 Å². The van der Waals surface area contributed by atoms with Crippen molar-refractivity contribution < 1.29 is 9.47 Å². The highest BCUT2D eigenvalue weighted by atomic mass is 16.5. The van der Waals surface area contributed by atoms with Gasteiger partial charge in [-0.1, -0.05) is 64.2 Å². The highest BCUT2D eigenvalue weighted by Gasteiger charge is 2.60. The van der Waals surface area contributed by atoms with Crippen molar-refractivity contribution in [3.05, 3.63) is 0 Å². The Hall–Kier alpha value is -0.160. The summed E-state index contributed by atoms with van der Waals surface area (Å²) >= 11 is 0. The van der Waals surface area contributed by atoms with E-state index >= 15 is 0 Å². The lowest BCUT2D eigenvalue weighted by molar-refractivity contribution is -0.188. The Balaban J connectivity index is 1.11. The highest BCUT2D eigenvalue weighted by Crippen LogP contribution is 2.62. The average Bonchev–Trinajstić information content (AvgIpc) is 3.74. The summed E-state index contributed by atoms with van der Waals surface area (Å²) in [5, 5.41) is 0. The first kappa shape index (κ1) is 27.4. The first-order chi connectivity index (χ1) is 19.9. The third-order valence-corrected chi connectivity index (χ3v) is 14.1. The van der Waals surface area contributed by atoms with E-state index in [1.807, 2.05) is 0 Å². The van der Waals surface area contributed by atoms with Crippen LogP contribution in [-0.2, 0) is 9.47 Å². The molecule has 0 aromatic heterocycles. The molecular formula is C36H60N2O2. The molecule has 0 N–H and O–H groups in total. The molecule has 2 aliphatic heterocycles. The maximum atomic E-state index is 6.58. The van der Waals surface area contributed by atoms with Crippen LogP contribution in [0.15, 0.2) is 0 Å². The van der Waals surface area contributed by atoms with Gasteiger partial charge in [-0.25, -0.2) is 0 Å². The first-order valence-electron chi connectivity index (χ1n) is 18.6. The normalized spacial score (nSPS) is 46.6. The van der Waals surface area contributed by atoms with E-state index < -0.39 is 0 Å². The van der Waals surface area contributed by atoms with Gasteiger partial charge < -0.3 is 9.47 Å². The number of ether oxygens (including phenoxy) is 2. The third kappa shape index (κ3) is 4.95. The fraction of sp³-hybridized carbons (Fsp3) is 1.00. The Kier molecular flexibility index (Phi) is 8.28. The molecule has 0 bridgehead atoms. The third-order valence-electron chi connectivity index (χ3n) is 14.1. The van der Waals surface area contributed by atoms with E-state index in [1.165, 1.54) is 141 Å². The quantitative estimate of drug-likeness (QED) is 0.332. The predicted octanol–water partition coefficient (Wildman–Crippen LogP) is 8.14. The molecule has 6 saturated carbocycles. The molecule has 4 heteroatoms. The Labute approximate surface area is 245 Å². The van der Waals surface area contributed by atoms with Gasteiger partial charge in [0.05, 0.1) is 0 Å². The molecule has 10 atom stereocenters. The summed E-state index contributed by atoms with van der Waals surface area (Å²) in [5.41, 5.74) is 0. The molecule has 10 unspecified atom stereocenters. The molecule has 8 fully saturated rings. The minimum Gasteiger partial charge on any atom is -0.363 e. The largest absolute Gasteiger partial charge is 0.363 e. The zero-order valence-electron chi connectivity index (χ0n) is 25.6. The molecule has 226 valence electrons. The van der Waals surface area contributed by atoms with Gasteiger partial charge >= 0.3 is 0 Å². The fourth-order valence-corrected chi connectivity index (χ4v) is 12.8. The smallest absolute Gasteiger partial charge is 0.111 e. The van der Waals surface area contributed by atoms with Crippen molar-refractivity contribution in [1.82, 2.24) is 9.80 Å². The second-order valence-electron chi connectivity index (χ2n) is 15.9. The van der Waals surface area contributed by atoms with Gasteiger partial charge in [-0.3, -0.25) is 9.80 Å². The van der Waals surface area contributed by atoms with Gasteiger partial charge in [0.15, 0.2) is 0 Å². The van der Waals surface area contributed by atoms with E-state index in [0.29, 0.717) is 12.5 Å². The van der Waals surface area contributed by atoms with Gasteiger partial charge in [-0.15, -0.1) is 0 Å². The summed E-state index contributed by atoms with van der Waals surface area (Å²) in [7, 11) is 0. The maximum absolute atomic E-state index is 6.58. The van der Waals surface area contributed by atoms with Crippen LogP contribution in [0.3, 0.4) is 0 Å². The van der Waals surface area contributed by atoms with Gasteiger partial charge in [0.25, 0.3) is 0 Å². The molecule has 2 heterocycles. The molecule has 0 spiro atoms. The van der Waals surface area contributed by atoms with Gasteiger partial charge in [-0.05, 0) is 113 Å². The number of hydrogen-bond donors (Lipinski definition) is 0. The zero-order chi connectivity index (χ0) is 26.5. The fourth-order valence-electron chi connectivity index (χ4n) is 12.8. The van der Waals surface area contributed by atoms with Crippen LogP contribution >= 0.6 is 0 Å². The van der Waals surface area contributed by atoms with E-state index in [1.54, 1.807) is 0 Å². The van der Waals surface area contributed by atoms with Crippen molar-refractivity contribution in [2.24, 2.45) is 35.5 Å². The van der Waals surface area contributed by atoms with Crippen molar-refractivity contribution in [1.29, 1.82) is 0 Å². The molecule has 0 radical (unpaired) electrons. The summed E-state index contributed by atoms with van der Waals surface area (Å²) in [4.78, 5) is 6.21. The maximum Gasteiger partial charge on any atom is 0.111 e. The Morgan fingerprint density at radius 3 is 1.25 bits per heavy atom. The van der Waals surface area contributed by atoms with Crippen molar-refractivity contribution in [2.75, 3.05) is 13.2 Å². The van der Waals surface area contributed by atoms with Crippen LogP contribution in [0.25, 0.3) is 0 Å². The minimum absolute atomic E-state index is 0.432. The number of hydrogen-bond acceptors (Lipinski definition) is 4. The van der Waals surface area contributed by atoms with E-state index in [9.17, 15) is 0 Å². The molecule has 0 amide bonds. The van der Waals surface area contributed by atoms with Crippen LogP contribution in [0.5, 0.6) is 0 Å². The van der Waals surface area contributed by atoms with Crippen LogP contribution in [0.1, 0.15) is 141 Å².